The molecule has 0 atom stereocenters. The first-order chi connectivity index (χ1) is 9.78. The van der Waals surface area contributed by atoms with E-state index in [9.17, 15) is 14.3 Å². The molecule has 0 saturated heterocycles. The first kappa shape index (κ1) is 17.4. The van der Waals surface area contributed by atoms with Crippen molar-refractivity contribution in [1.82, 2.24) is 9.88 Å². The second kappa shape index (κ2) is 7.36. The molecule has 0 aliphatic rings. The normalized spacial score (nSPS) is 11.3. The number of likely N-dealkylation sites (N-methyl/N-ethyl adjacent to an activating group) is 1. The molecule has 1 amide bonds. The summed E-state index contributed by atoms with van der Waals surface area (Å²) in [5, 5.41) is 12.9. The van der Waals surface area contributed by atoms with Crippen molar-refractivity contribution in [2.45, 2.75) is 39.7 Å². The molecule has 0 aliphatic carbocycles. The average molecular weight is 297 g/mol. The Hall–Kier alpha value is -1.69. The highest BCUT2D eigenvalue weighted by atomic mass is 19.1. The molecule has 0 fully saturated rings. The third-order valence-electron chi connectivity index (χ3n) is 2.87. The topological polar surface area (TPSA) is 65.5 Å². The molecular formula is C15H24FN3O2. The summed E-state index contributed by atoms with van der Waals surface area (Å²) in [5.41, 5.74) is -0.821. The lowest BCUT2D eigenvalue weighted by molar-refractivity contribution is 0.0315. The van der Waals surface area contributed by atoms with Gasteiger partial charge in [0.1, 0.15) is 11.6 Å². The van der Waals surface area contributed by atoms with E-state index in [1.165, 1.54) is 11.0 Å². The van der Waals surface area contributed by atoms with E-state index in [0.717, 1.165) is 12.6 Å². The predicted octanol–water partition coefficient (Wildman–Crippen LogP) is 2.28. The zero-order valence-corrected chi connectivity index (χ0v) is 13.1. The molecule has 0 bridgehead atoms. The minimum absolute atomic E-state index is 0.173. The molecule has 118 valence electrons. The van der Waals surface area contributed by atoms with Gasteiger partial charge >= 0.3 is 0 Å². The highest BCUT2D eigenvalue weighted by molar-refractivity contribution is 5.98. The Balaban J connectivity index is 3.05. The van der Waals surface area contributed by atoms with Crippen LogP contribution in [0.1, 0.15) is 44.5 Å². The number of aliphatic hydroxyl groups is 1. The molecule has 1 heterocycles. The highest BCUT2D eigenvalue weighted by Gasteiger charge is 2.24. The number of pyridine rings is 1. The molecule has 0 spiro atoms. The molecule has 6 heteroatoms. The lowest BCUT2D eigenvalue weighted by Gasteiger charge is -2.28. The van der Waals surface area contributed by atoms with E-state index in [-0.39, 0.29) is 18.0 Å². The molecule has 21 heavy (non-hydrogen) atoms. The van der Waals surface area contributed by atoms with Gasteiger partial charge in [-0.1, -0.05) is 6.92 Å². The summed E-state index contributed by atoms with van der Waals surface area (Å²) >= 11 is 0. The number of hydrogen-bond donors (Lipinski definition) is 2. The van der Waals surface area contributed by atoms with Gasteiger partial charge in [0, 0.05) is 19.6 Å². The van der Waals surface area contributed by atoms with Crippen LogP contribution >= 0.6 is 0 Å². The second-order valence-corrected chi connectivity index (χ2v) is 5.61. The summed E-state index contributed by atoms with van der Waals surface area (Å²) in [6.45, 7) is 8.31. The van der Waals surface area contributed by atoms with Crippen LogP contribution in [0, 0.1) is 5.82 Å². The number of nitrogens with one attached hydrogen (secondary N) is 1. The minimum Gasteiger partial charge on any atom is -0.389 e. The fourth-order valence-electron chi connectivity index (χ4n) is 1.95. The van der Waals surface area contributed by atoms with Crippen LogP contribution in [0.5, 0.6) is 0 Å². The minimum atomic E-state index is -1.01. The maximum atomic E-state index is 13.4. The van der Waals surface area contributed by atoms with Gasteiger partial charge in [0.25, 0.3) is 5.91 Å². The van der Waals surface area contributed by atoms with Gasteiger partial charge in [0.05, 0.1) is 17.4 Å². The highest BCUT2D eigenvalue weighted by Crippen LogP contribution is 2.18. The second-order valence-electron chi connectivity index (χ2n) is 5.61. The van der Waals surface area contributed by atoms with Crippen molar-refractivity contribution in [3.63, 3.8) is 0 Å². The number of amides is 1. The van der Waals surface area contributed by atoms with Crippen LogP contribution in [-0.2, 0) is 0 Å². The number of rotatable bonds is 7. The van der Waals surface area contributed by atoms with E-state index in [1.54, 1.807) is 13.8 Å². The lowest BCUT2D eigenvalue weighted by atomic mass is 10.1. The van der Waals surface area contributed by atoms with Crippen LogP contribution in [0.25, 0.3) is 0 Å². The monoisotopic (exact) mass is 297 g/mol. The zero-order valence-electron chi connectivity index (χ0n) is 13.1. The van der Waals surface area contributed by atoms with Crippen molar-refractivity contribution >= 4 is 11.7 Å². The SMILES string of the molecule is CCCNc1ncc(F)cc1C(=O)N(CC)CC(C)(C)O. The molecule has 0 saturated carbocycles. The van der Waals surface area contributed by atoms with Crippen molar-refractivity contribution < 1.29 is 14.3 Å². The van der Waals surface area contributed by atoms with E-state index < -0.39 is 11.4 Å². The number of anilines is 1. The Morgan fingerprint density at radius 2 is 2.14 bits per heavy atom. The van der Waals surface area contributed by atoms with Gasteiger partial charge in [-0.25, -0.2) is 9.37 Å². The van der Waals surface area contributed by atoms with Crippen LogP contribution in [0.4, 0.5) is 10.2 Å². The van der Waals surface area contributed by atoms with E-state index >= 15 is 0 Å². The molecule has 0 unspecified atom stereocenters. The fourth-order valence-corrected chi connectivity index (χ4v) is 1.95. The molecule has 5 nitrogen and oxygen atoms in total. The molecule has 1 rings (SSSR count). The largest absolute Gasteiger partial charge is 0.389 e. The fraction of sp³-hybridized carbons (Fsp3) is 0.600. The van der Waals surface area contributed by atoms with Gasteiger partial charge < -0.3 is 15.3 Å². The summed E-state index contributed by atoms with van der Waals surface area (Å²) in [6.07, 6.45) is 1.95. The van der Waals surface area contributed by atoms with Crippen molar-refractivity contribution in [3.05, 3.63) is 23.6 Å². The van der Waals surface area contributed by atoms with Gasteiger partial charge in [0.2, 0.25) is 0 Å². The summed E-state index contributed by atoms with van der Waals surface area (Å²) in [5.74, 6) is -0.526. The Labute approximate surface area is 125 Å². The van der Waals surface area contributed by atoms with Crippen LogP contribution in [0.3, 0.4) is 0 Å². The van der Waals surface area contributed by atoms with Gasteiger partial charge in [-0.2, -0.15) is 0 Å². The van der Waals surface area contributed by atoms with Gasteiger partial charge in [-0.3, -0.25) is 4.79 Å². The summed E-state index contributed by atoms with van der Waals surface area (Å²) in [7, 11) is 0. The Morgan fingerprint density at radius 1 is 1.48 bits per heavy atom. The maximum Gasteiger partial charge on any atom is 0.257 e. The first-order valence-corrected chi connectivity index (χ1v) is 7.19. The smallest absolute Gasteiger partial charge is 0.257 e. The molecule has 0 radical (unpaired) electrons. The van der Waals surface area contributed by atoms with Gasteiger partial charge in [-0.05, 0) is 33.3 Å². The Bertz CT molecular complexity index is 486. The number of hydrogen-bond acceptors (Lipinski definition) is 4. The first-order valence-electron chi connectivity index (χ1n) is 7.19. The number of carbonyl (C=O) groups is 1. The Kier molecular flexibility index (Phi) is 6.08. The van der Waals surface area contributed by atoms with Crippen molar-refractivity contribution in [2.75, 3.05) is 25.0 Å². The maximum absolute atomic E-state index is 13.4. The molecular weight excluding hydrogens is 273 g/mol. The molecule has 2 N–H and O–H groups in total. The summed E-state index contributed by atoms with van der Waals surface area (Å²) in [6, 6.07) is 1.18. The van der Waals surface area contributed by atoms with Crippen LogP contribution in [0.2, 0.25) is 0 Å². The quantitative estimate of drug-likeness (QED) is 0.810. The van der Waals surface area contributed by atoms with Crippen LogP contribution < -0.4 is 5.32 Å². The van der Waals surface area contributed by atoms with Crippen molar-refractivity contribution in [3.8, 4) is 0 Å². The number of halogens is 1. The molecule has 0 aromatic carbocycles. The predicted molar refractivity (Wildman–Crippen MR) is 80.9 cm³/mol. The molecule has 1 aromatic heterocycles. The summed E-state index contributed by atoms with van der Waals surface area (Å²) < 4.78 is 13.4. The van der Waals surface area contributed by atoms with E-state index in [4.69, 9.17) is 0 Å². The number of carbonyl (C=O) groups excluding carboxylic acids is 1. The van der Waals surface area contributed by atoms with Crippen molar-refractivity contribution in [2.24, 2.45) is 0 Å². The van der Waals surface area contributed by atoms with Crippen molar-refractivity contribution in [1.29, 1.82) is 0 Å². The van der Waals surface area contributed by atoms with Crippen LogP contribution in [-0.4, -0.2) is 46.1 Å². The van der Waals surface area contributed by atoms with E-state index in [2.05, 4.69) is 10.3 Å². The standard InChI is InChI=1S/C15H24FN3O2/c1-5-7-17-13-12(8-11(16)9-18-13)14(20)19(6-2)10-15(3,4)21/h8-9,21H,5-7,10H2,1-4H3,(H,17,18). The Morgan fingerprint density at radius 3 is 2.67 bits per heavy atom. The molecule has 1 aromatic rings. The van der Waals surface area contributed by atoms with E-state index in [0.29, 0.717) is 18.9 Å². The van der Waals surface area contributed by atoms with E-state index in [1.807, 2.05) is 13.8 Å². The van der Waals surface area contributed by atoms with Crippen LogP contribution in [0.15, 0.2) is 12.3 Å². The number of nitrogens with zero attached hydrogens (tertiary/aromatic N) is 2. The molecule has 0 aliphatic heterocycles. The lowest BCUT2D eigenvalue weighted by Crippen LogP contribution is -2.42. The third kappa shape index (κ3) is 5.30. The summed E-state index contributed by atoms with van der Waals surface area (Å²) in [4.78, 5) is 18.0. The number of aromatic nitrogens is 1. The van der Waals surface area contributed by atoms with Gasteiger partial charge in [-0.15, -0.1) is 0 Å². The average Bonchev–Trinajstić information content (AvgIpc) is 2.41. The zero-order chi connectivity index (χ0) is 16.0. The third-order valence-corrected chi connectivity index (χ3v) is 2.87. The van der Waals surface area contributed by atoms with Gasteiger partial charge in [0.15, 0.2) is 0 Å².